The van der Waals surface area contributed by atoms with Gasteiger partial charge in [-0.3, -0.25) is 4.79 Å². The molecule has 4 heteroatoms. The van der Waals surface area contributed by atoms with E-state index in [0.717, 1.165) is 38.8 Å². The molecule has 1 saturated heterocycles. The fourth-order valence-corrected chi connectivity index (χ4v) is 2.73. The summed E-state index contributed by atoms with van der Waals surface area (Å²) >= 11 is 0. The summed E-state index contributed by atoms with van der Waals surface area (Å²) in [7, 11) is 0. The lowest BCUT2D eigenvalue weighted by molar-refractivity contribution is -0.127. The summed E-state index contributed by atoms with van der Waals surface area (Å²) in [6, 6.07) is -0.0194. The normalized spacial score (nSPS) is 39.6. The predicted octanol–water partition coefficient (Wildman–Crippen LogP) is 0.262. The second-order valence-electron chi connectivity index (χ2n) is 5.21. The molecule has 0 aromatic rings. The molecule has 2 unspecified atom stereocenters. The second-order valence-corrected chi connectivity index (χ2v) is 5.21. The molecule has 2 rings (SSSR count). The van der Waals surface area contributed by atoms with E-state index < -0.39 is 0 Å². The molecular weight excluding hydrogens is 204 g/mol. The van der Waals surface area contributed by atoms with Crippen LogP contribution in [0.15, 0.2) is 0 Å². The van der Waals surface area contributed by atoms with Crippen LogP contribution in [0.5, 0.6) is 0 Å². The minimum atomic E-state index is -0.345. The molecular formula is C12H22N2O2. The van der Waals surface area contributed by atoms with Crippen molar-refractivity contribution in [3.05, 3.63) is 0 Å². The first kappa shape index (κ1) is 11.9. The lowest BCUT2D eigenvalue weighted by Gasteiger charge is -2.29. The molecule has 0 aromatic carbocycles. The van der Waals surface area contributed by atoms with Gasteiger partial charge in [0.15, 0.2) is 0 Å². The summed E-state index contributed by atoms with van der Waals surface area (Å²) in [4.78, 5) is 12.0. The van der Waals surface area contributed by atoms with Crippen LogP contribution in [-0.2, 0) is 4.79 Å². The molecule has 1 saturated carbocycles. The number of carbonyl (C=O) groups excluding carboxylic acids is 1. The lowest BCUT2D eigenvalue weighted by Crippen LogP contribution is -2.48. The topological polar surface area (TPSA) is 61.4 Å². The minimum absolute atomic E-state index is 0.0194. The van der Waals surface area contributed by atoms with Crippen LogP contribution >= 0.6 is 0 Å². The predicted molar refractivity (Wildman–Crippen MR) is 61.9 cm³/mol. The quantitative estimate of drug-likeness (QED) is 0.633. The van der Waals surface area contributed by atoms with E-state index in [9.17, 15) is 9.90 Å². The standard InChI is InChI=1S/C12H22N2O2/c1-8-6-13-7-9(8)12(16)14-10-4-2-3-5-11(10)15/h8-11,13,15H,2-7H2,1H3,(H,14,16)/t8?,9?,10-,11-/m0/s1. The maximum absolute atomic E-state index is 12.0. The number of hydrogen-bond acceptors (Lipinski definition) is 3. The molecule has 4 nitrogen and oxygen atoms in total. The van der Waals surface area contributed by atoms with Gasteiger partial charge in [-0.1, -0.05) is 19.8 Å². The Morgan fingerprint density at radius 1 is 1.31 bits per heavy atom. The van der Waals surface area contributed by atoms with Crippen LogP contribution in [0, 0.1) is 11.8 Å². The number of amides is 1. The molecule has 1 aliphatic heterocycles. The van der Waals surface area contributed by atoms with Crippen LogP contribution in [0.2, 0.25) is 0 Å². The highest BCUT2D eigenvalue weighted by Crippen LogP contribution is 2.21. The van der Waals surface area contributed by atoms with E-state index in [1.807, 2.05) is 0 Å². The average molecular weight is 226 g/mol. The molecule has 0 spiro atoms. The van der Waals surface area contributed by atoms with E-state index in [1.165, 1.54) is 0 Å². The van der Waals surface area contributed by atoms with E-state index in [0.29, 0.717) is 5.92 Å². The highest BCUT2D eigenvalue weighted by atomic mass is 16.3. The van der Waals surface area contributed by atoms with Gasteiger partial charge in [-0.15, -0.1) is 0 Å². The van der Waals surface area contributed by atoms with E-state index in [2.05, 4.69) is 17.6 Å². The molecule has 92 valence electrons. The molecule has 2 aliphatic rings. The fraction of sp³-hybridized carbons (Fsp3) is 0.917. The lowest BCUT2D eigenvalue weighted by atomic mass is 9.91. The van der Waals surface area contributed by atoms with Crippen LogP contribution < -0.4 is 10.6 Å². The molecule has 0 bridgehead atoms. The van der Waals surface area contributed by atoms with Crippen molar-refractivity contribution in [1.82, 2.24) is 10.6 Å². The first-order valence-corrected chi connectivity index (χ1v) is 6.37. The van der Waals surface area contributed by atoms with Gasteiger partial charge < -0.3 is 15.7 Å². The van der Waals surface area contributed by atoms with Crippen LogP contribution in [0.4, 0.5) is 0 Å². The van der Waals surface area contributed by atoms with Crippen molar-refractivity contribution in [1.29, 1.82) is 0 Å². The number of nitrogens with one attached hydrogen (secondary N) is 2. The van der Waals surface area contributed by atoms with Crippen molar-refractivity contribution in [3.63, 3.8) is 0 Å². The Morgan fingerprint density at radius 3 is 2.69 bits per heavy atom. The monoisotopic (exact) mass is 226 g/mol. The van der Waals surface area contributed by atoms with Crippen molar-refractivity contribution in [3.8, 4) is 0 Å². The summed E-state index contributed by atoms with van der Waals surface area (Å²) in [5.74, 6) is 0.596. The third kappa shape index (κ3) is 2.55. The van der Waals surface area contributed by atoms with E-state index in [4.69, 9.17) is 0 Å². The van der Waals surface area contributed by atoms with Crippen molar-refractivity contribution >= 4 is 5.91 Å². The number of aliphatic hydroxyl groups is 1. The Labute approximate surface area is 96.8 Å². The Morgan fingerprint density at radius 2 is 2.06 bits per heavy atom. The smallest absolute Gasteiger partial charge is 0.225 e. The summed E-state index contributed by atoms with van der Waals surface area (Å²) in [5.41, 5.74) is 0. The molecule has 16 heavy (non-hydrogen) atoms. The van der Waals surface area contributed by atoms with Gasteiger partial charge >= 0.3 is 0 Å². The van der Waals surface area contributed by atoms with Crippen molar-refractivity contribution < 1.29 is 9.90 Å². The van der Waals surface area contributed by atoms with Crippen molar-refractivity contribution in [2.24, 2.45) is 11.8 Å². The highest BCUT2D eigenvalue weighted by Gasteiger charge is 2.32. The van der Waals surface area contributed by atoms with Crippen LogP contribution in [0.1, 0.15) is 32.6 Å². The van der Waals surface area contributed by atoms with Gasteiger partial charge in [0, 0.05) is 6.54 Å². The van der Waals surface area contributed by atoms with Gasteiger partial charge in [0.05, 0.1) is 18.1 Å². The molecule has 2 fully saturated rings. The number of carbonyl (C=O) groups is 1. The molecule has 1 amide bonds. The molecule has 0 radical (unpaired) electrons. The Balaban J connectivity index is 1.86. The summed E-state index contributed by atoms with van der Waals surface area (Å²) in [6.07, 6.45) is 3.59. The average Bonchev–Trinajstić information content (AvgIpc) is 2.68. The largest absolute Gasteiger partial charge is 0.391 e. The highest BCUT2D eigenvalue weighted by molar-refractivity contribution is 5.79. The number of rotatable bonds is 2. The summed E-state index contributed by atoms with van der Waals surface area (Å²) in [6.45, 7) is 3.79. The first-order chi connectivity index (χ1) is 7.68. The Kier molecular flexibility index (Phi) is 3.82. The van der Waals surface area contributed by atoms with E-state index in [-0.39, 0.29) is 24.0 Å². The second kappa shape index (κ2) is 5.15. The van der Waals surface area contributed by atoms with Gasteiger partial charge in [-0.25, -0.2) is 0 Å². The summed E-state index contributed by atoms with van der Waals surface area (Å²) < 4.78 is 0. The fourth-order valence-electron chi connectivity index (χ4n) is 2.73. The van der Waals surface area contributed by atoms with Crippen molar-refractivity contribution in [2.75, 3.05) is 13.1 Å². The zero-order valence-electron chi connectivity index (χ0n) is 9.91. The zero-order valence-corrected chi connectivity index (χ0v) is 9.91. The Bertz CT molecular complexity index is 257. The van der Waals surface area contributed by atoms with Gasteiger partial charge in [0.25, 0.3) is 0 Å². The molecule has 0 aromatic heterocycles. The molecule has 4 atom stereocenters. The zero-order chi connectivity index (χ0) is 11.5. The van der Waals surface area contributed by atoms with Gasteiger partial charge in [-0.05, 0) is 25.3 Å². The molecule has 1 heterocycles. The number of aliphatic hydroxyl groups excluding tert-OH is 1. The van der Waals surface area contributed by atoms with Crippen LogP contribution in [-0.4, -0.2) is 36.2 Å². The SMILES string of the molecule is CC1CNCC1C(=O)N[C@H]1CCCC[C@@H]1O. The first-order valence-electron chi connectivity index (χ1n) is 6.37. The van der Waals surface area contributed by atoms with Gasteiger partial charge in [0.1, 0.15) is 0 Å². The van der Waals surface area contributed by atoms with E-state index in [1.54, 1.807) is 0 Å². The third-order valence-corrected chi connectivity index (χ3v) is 3.91. The molecule has 3 N–H and O–H groups in total. The van der Waals surface area contributed by atoms with Gasteiger partial charge in [-0.2, -0.15) is 0 Å². The van der Waals surface area contributed by atoms with Crippen molar-refractivity contribution in [2.45, 2.75) is 44.8 Å². The minimum Gasteiger partial charge on any atom is -0.391 e. The summed E-state index contributed by atoms with van der Waals surface area (Å²) in [5, 5.41) is 16.0. The maximum Gasteiger partial charge on any atom is 0.225 e. The van der Waals surface area contributed by atoms with Crippen LogP contribution in [0.25, 0.3) is 0 Å². The van der Waals surface area contributed by atoms with Crippen LogP contribution in [0.3, 0.4) is 0 Å². The Hall–Kier alpha value is -0.610. The van der Waals surface area contributed by atoms with E-state index >= 15 is 0 Å². The molecule has 1 aliphatic carbocycles. The third-order valence-electron chi connectivity index (χ3n) is 3.91. The maximum atomic E-state index is 12.0. The number of hydrogen-bond donors (Lipinski definition) is 3. The van der Waals surface area contributed by atoms with Gasteiger partial charge in [0.2, 0.25) is 5.91 Å².